The SMILES string of the molecule is CCN(Cc1ccccc1)C(=O)c1nn(C)c2ccc(Cl)cc2c1=O. The Labute approximate surface area is 150 Å². The summed E-state index contributed by atoms with van der Waals surface area (Å²) < 4.78 is 1.54. The smallest absolute Gasteiger partial charge is 0.278 e. The molecule has 128 valence electrons. The van der Waals surface area contributed by atoms with Gasteiger partial charge in [-0.15, -0.1) is 0 Å². The fourth-order valence-electron chi connectivity index (χ4n) is 2.77. The first-order chi connectivity index (χ1) is 12.0. The second-order valence-electron chi connectivity index (χ2n) is 5.77. The van der Waals surface area contributed by atoms with Gasteiger partial charge in [0.1, 0.15) is 0 Å². The molecule has 0 atom stereocenters. The normalized spacial score (nSPS) is 10.8. The van der Waals surface area contributed by atoms with Gasteiger partial charge in [-0.05, 0) is 30.7 Å². The molecule has 3 rings (SSSR count). The minimum atomic E-state index is -0.396. The van der Waals surface area contributed by atoms with Crippen molar-refractivity contribution >= 4 is 28.4 Å². The first kappa shape index (κ1) is 17.2. The average molecular weight is 356 g/mol. The molecule has 1 heterocycles. The molecule has 25 heavy (non-hydrogen) atoms. The number of rotatable bonds is 4. The van der Waals surface area contributed by atoms with Crippen LogP contribution in [0.4, 0.5) is 0 Å². The zero-order valence-electron chi connectivity index (χ0n) is 14.1. The van der Waals surface area contributed by atoms with Crippen molar-refractivity contribution in [2.75, 3.05) is 6.54 Å². The number of aryl methyl sites for hydroxylation is 1. The minimum Gasteiger partial charge on any atom is -0.333 e. The number of amides is 1. The van der Waals surface area contributed by atoms with Gasteiger partial charge in [-0.1, -0.05) is 41.9 Å². The third kappa shape index (κ3) is 3.42. The highest BCUT2D eigenvalue weighted by Gasteiger charge is 2.22. The zero-order chi connectivity index (χ0) is 18.0. The van der Waals surface area contributed by atoms with Gasteiger partial charge >= 0.3 is 0 Å². The summed E-state index contributed by atoms with van der Waals surface area (Å²) >= 11 is 6.01. The van der Waals surface area contributed by atoms with E-state index in [1.165, 1.54) is 4.68 Å². The van der Waals surface area contributed by atoms with E-state index in [-0.39, 0.29) is 11.6 Å². The first-order valence-electron chi connectivity index (χ1n) is 8.01. The van der Waals surface area contributed by atoms with Gasteiger partial charge in [0.05, 0.1) is 10.9 Å². The Bertz CT molecular complexity index is 983. The lowest BCUT2D eigenvalue weighted by Gasteiger charge is -2.20. The van der Waals surface area contributed by atoms with Crippen molar-refractivity contribution in [1.82, 2.24) is 14.7 Å². The predicted octanol–water partition coefficient (Wildman–Crippen LogP) is 3.25. The monoisotopic (exact) mass is 355 g/mol. The number of fused-ring (bicyclic) bond motifs is 1. The maximum atomic E-state index is 12.9. The summed E-state index contributed by atoms with van der Waals surface area (Å²) in [5.74, 6) is -0.381. The number of carbonyl (C=O) groups excluding carboxylic acids is 1. The number of aromatic nitrogens is 2. The second-order valence-corrected chi connectivity index (χ2v) is 6.20. The van der Waals surface area contributed by atoms with Crippen LogP contribution >= 0.6 is 11.6 Å². The number of nitrogens with zero attached hydrogens (tertiary/aromatic N) is 3. The summed E-state index contributed by atoms with van der Waals surface area (Å²) in [4.78, 5) is 27.3. The van der Waals surface area contributed by atoms with Crippen LogP contribution in [0.15, 0.2) is 53.3 Å². The topological polar surface area (TPSA) is 55.2 Å². The lowest BCUT2D eigenvalue weighted by Crippen LogP contribution is -2.35. The van der Waals surface area contributed by atoms with Gasteiger partial charge in [0.15, 0.2) is 5.69 Å². The van der Waals surface area contributed by atoms with E-state index in [4.69, 9.17) is 11.6 Å². The Hall–Kier alpha value is -2.66. The van der Waals surface area contributed by atoms with E-state index in [0.717, 1.165) is 5.56 Å². The van der Waals surface area contributed by atoms with E-state index in [9.17, 15) is 9.59 Å². The van der Waals surface area contributed by atoms with Crippen molar-refractivity contribution in [3.05, 3.63) is 75.0 Å². The van der Waals surface area contributed by atoms with Gasteiger partial charge in [-0.3, -0.25) is 14.3 Å². The first-order valence-corrected chi connectivity index (χ1v) is 8.39. The van der Waals surface area contributed by atoms with Crippen LogP contribution in [0, 0.1) is 0 Å². The molecule has 0 spiro atoms. The van der Waals surface area contributed by atoms with Gasteiger partial charge in [-0.2, -0.15) is 5.10 Å². The van der Waals surface area contributed by atoms with Crippen molar-refractivity contribution in [2.24, 2.45) is 7.05 Å². The molecule has 0 saturated heterocycles. The Morgan fingerprint density at radius 3 is 2.60 bits per heavy atom. The van der Waals surface area contributed by atoms with E-state index in [2.05, 4.69) is 5.10 Å². The number of halogens is 1. The summed E-state index contributed by atoms with van der Waals surface area (Å²) in [6.45, 7) is 2.78. The lowest BCUT2D eigenvalue weighted by molar-refractivity contribution is 0.0743. The lowest BCUT2D eigenvalue weighted by atomic mass is 10.1. The summed E-state index contributed by atoms with van der Waals surface area (Å²) in [7, 11) is 1.71. The van der Waals surface area contributed by atoms with Crippen LogP contribution in [-0.4, -0.2) is 27.1 Å². The van der Waals surface area contributed by atoms with Gasteiger partial charge in [-0.25, -0.2) is 0 Å². The summed E-state index contributed by atoms with van der Waals surface area (Å²) in [5.41, 5.74) is 1.15. The number of hydrogen-bond donors (Lipinski definition) is 0. The fourth-order valence-corrected chi connectivity index (χ4v) is 2.94. The molecule has 0 radical (unpaired) electrons. The largest absolute Gasteiger partial charge is 0.333 e. The molecule has 0 saturated carbocycles. The molecule has 0 unspecified atom stereocenters. The van der Waals surface area contributed by atoms with E-state index in [1.807, 2.05) is 37.3 Å². The van der Waals surface area contributed by atoms with Crippen molar-refractivity contribution < 1.29 is 4.79 Å². The molecule has 3 aromatic rings. The molecule has 5 nitrogen and oxygen atoms in total. The zero-order valence-corrected chi connectivity index (χ0v) is 14.8. The van der Waals surface area contributed by atoms with Crippen LogP contribution in [0.3, 0.4) is 0 Å². The highest BCUT2D eigenvalue weighted by atomic mass is 35.5. The van der Waals surface area contributed by atoms with Crippen LogP contribution in [0.2, 0.25) is 5.02 Å². The van der Waals surface area contributed by atoms with Crippen LogP contribution in [0.1, 0.15) is 23.0 Å². The van der Waals surface area contributed by atoms with Gasteiger partial charge in [0.25, 0.3) is 5.91 Å². The van der Waals surface area contributed by atoms with Crippen LogP contribution in [0.25, 0.3) is 10.9 Å². The van der Waals surface area contributed by atoms with E-state index >= 15 is 0 Å². The van der Waals surface area contributed by atoms with E-state index in [1.54, 1.807) is 30.1 Å². The molecule has 0 N–H and O–H groups in total. The fraction of sp³-hybridized carbons (Fsp3) is 0.211. The highest BCUT2D eigenvalue weighted by molar-refractivity contribution is 6.31. The molecule has 2 aromatic carbocycles. The maximum absolute atomic E-state index is 12.9. The number of hydrogen-bond acceptors (Lipinski definition) is 3. The standard InChI is InChI=1S/C19H18ClN3O2/c1-3-23(12-13-7-5-4-6-8-13)19(25)17-18(24)15-11-14(20)9-10-16(15)22(2)21-17/h4-11H,3,12H2,1-2H3. The van der Waals surface area contributed by atoms with Gasteiger partial charge < -0.3 is 4.90 Å². The Morgan fingerprint density at radius 1 is 1.20 bits per heavy atom. The van der Waals surface area contributed by atoms with Crippen molar-refractivity contribution in [1.29, 1.82) is 0 Å². The molecule has 6 heteroatoms. The highest BCUT2D eigenvalue weighted by Crippen LogP contribution is 2.16. The number of benzene rings is 2. The van der Waals surface area contributed by atoms with Crippen LogP contribution in [0.5, 0.6) is 0 Å². The second kappa shape index (κ2) is 7.07. The summed E-state index contributed by atoms with van der Waals surface area (Å²) in [5, 5.41) is 5.05. The number of carbonyl (C=O) groups is 1. The molecule has 0 fully saturated rings. The van der Waals surface area contributed by atoms with E-state index < -0.39 is 5.43 Å². The van der Waals surface area contributed by atoms with Gasteiger partial charge in [0.2, 0.25) is 5.43 Å². The summed E-state index contributed by atoms with van der Waals surface area (Å²) in [6, 6.07) is 14.6. The Kier molecular flexibility index (Phi) is 4.86. The molecular weight excluding hydrogens is 338 g/mol. The molecular formula is C19H18ClN3O2. The molecule has 0 aliphatic carbocycles. The quantitative estimate of drug-likeness (QED) is 0.722. The Morgan fingerprint density at radius 2 is 1.92 bits per heavy atom. The average Bonchev–Trinajstić information content (AvgIpc) is 2.63. The van der Waals surface area contributed by atoms with Crippen molar-refractivity contribution in [2.45, 2.75) is 13.5 Å². The predicted molar refractivity (Wildman–Crippen MR) is 98.9 cm³/mol. The molecule has 0 bridgehead atoms. The van der Waals surface area contributed by atoms with E-state index in [0.29, 0.717) is 29.0 Å². The third-order valence-electron chi connectivity index (χ3n) is 4.10. The minimum absolute atomic E-state index is 0.0879. The molecule has 0 aliphatic rings. The maximum Gasteiger partial charge on any atom is 0.278 e. The summed E-state index contributed by atoms with van der Waals surface area (Å²) in [6.07, 6.45) is 0. The molecule has 1 amide bonds. The Balaban J connectivity index is 2.03. The van der Waals surface area contributed by atoms with Gasteiger partial charge in [0, 0.05) is 25.2 Å². The van der Waals surface area contributed by atoms with Crippen LogP contribution < -0.4 is 5.43 Å². The molecule has 1 aromatic heterocycles. The molecule has 0 aliphatic heterocycles. The van der Waals surface area contributed by atoms with Crippen molar-refractivity contribution in [3.8, 4) is 0 Å². The third-order valence-corrected chi connectivity index (χ3v) is 4.34. The van der Waals surface area contributed by atoms with Crippen molar-refractivity contribution in [3.63, 3.8) is 0 Å². The van der Waals surface area contributed by atoms with Crippen LogP contribution in [-0.2, 0) is 13.6 Å².